The molecule has 0 N–H and O–H groups in total. The molecule has 0 bridgehead atoms. The van der Waals surface area contributed by atoms with Crippen molar-refractivity contribution in [3.8, 4) is 0 Å². The van der Waals surface area contributed by atoms with E-state index in [1.54, 1.807) is 0 Å². The first-order chi connectivity index (χ1) is 11.0. The Bertz CT molecular complexity index is 682. The zero-order chi connectivity index (χ0) is 16.4. The third kappa shape index (κ3) is 3.79. The summed E-state index contributed by atoms with van der Waals surface area (Å²) in [5.41, 5.74) is 2.08. The van der Waals surface area contributed by atoms with Crippen molar-refractivity contribution in [2.45, 2.75) is 0 Å². The molecule has 0 unspecified atom stereocenters. The van der Waals surface area contributed by atoms with Gasteiger partial charge in [0.2, 0.25) is 0 Å². The van der Waals surface area contributed by atoms with E-state index in [2.05, 4.69) is 25.8 Å². The number of amides is 1. The lowest BCUT2D eigenvalue weighted by atomic mass is 10.2. The van der Waals surface area contributed by atoms with Gasteiger partial charge in [0.15, 0.2) is 5.17 Å². The molecule has 0 atom stereocenters. The Morgan fingerprint density at radius 3 is 2.74 bits per heavy atom. The van der Waals surface area contributed by atoms with Gasteiger partial charge in [-0.05, 0) is 51.5 Å². The Labute approximate surface area is 148 Å². The van der Waals surface area contributed by atoms with Gasteiger partial charge in [0.25, 0.3) is 5.91 Å². The molecule has 0 aliphatic carbocycles. The molecular weight excluding hydrogens is 378 g/mol. The summed E-state index contributed by atoms with van der Waals surface area (Å²) in [6.45, 7) is 2.95. The number of nitrogens with zero attached hydrogens (tertiary/aromatic N) is 3. The second-order valence-electron chi connectivity index (χ2n) is 5.51. The number of rotatable bonds is 2. The summed E-state index contributed by atoms with van der Waals surface area (Å²) in [7, 11) is 3.99. The van der Waals surface area contributed by atoms with E-state index in [4.69, 9.17) is 4.74 Å². The lowest BCUT2D eigenvalue weighted by Crippen LogP contribution is -2.38. The molecule has 1 fully saturated rings. The van der Waals surface area contributed by atoms with E-state index in [0.29, 0.717) is 18.1 Å². The number of hydrogen-bond acceptors (Lipinski definition) is 5. The third-order valence-corrected chi connectivity index (χ3v) is 5.32. The maximum absolute atomic E-state index is 12.1. The predicted molar refractivity (Wildman–Crippen MR) is 98.9 cm³/mol. The molecule has 0 radical (unpaired) electrons. The Morgan fingerprint density at radius 2 is 2.09 bits per heavy atom. The van der Waals surface area contributed by atoms with Crippen LogP contribution >= 0.6 is 27.7 Å². The van der Waals surface area contributed by atoms with Crippen LogP contribution in [0.1, 0.15) is 5.56 Å². The highest BCUT2D eigenvalue weighted by Gasteiger charge is 2.27. The molecular formula is C16H18BrN3O2S. The number of ether oxygens (including phenoxy) is 1. The van der Waals surface area contributed by atoms with Gasteiger partial charge in [-0.2, -0.15) is 4.99 Å². The van der Waals surface area contributed by atoms with Gasteiger partial charge in [0.1, 0.15) is 0 Å². The van der Waals surface area contributed by atoms with E-state index in [0.717, 1.165) is 34.0 Å². The smallest absolute Gasteiger partial charge is 0.286 e. The van der Waals surface area contributed by atoms with Crippen molar-refractivity contribution in [2.75, 3.05) is 45.3 Å². The highest BCUT2D eigenvalue weighted by Crippen LogP contribution is 2.32. The van der Waals surface area contributed by atoms with E-state index >= 15 is 0 Å². The van der Waals surface area contributed by atoms with Gasteiger partial charge in [-0.15, -0.1) is 0 Å². The quantitative estimate of drug-likeness (QED) is 0.720. The van der Waals surface area contributed by atoms with E-state index in [1.807, 2.05) is 43.3 Å². The van der Waals surface area contributed by atoms with Crippen molar-refractivity contribution in [3.63, 3.8) is 0 Å². The zero-order valence-corrected chi connectivity index (χ0v) is 15.5. The molecule has 2 heterocycles. The molecule has 0 saturated carbocycles. The number of benzene rings is 1. The van der Waals surface area contributed by atoms with Crippen molar-refractivity contribution in [2.24, 2.45) is 4.99 Å². The molecule has 3 rings (SSSR count). The van der Waals surface area contributed by atoms with Crippen LogP contribution in [0.15, 0.2) is 32.6 Å². The average molecular weight is 396 g/mol. The minimum Gasteiger partial charge on any atom is -0.378 e. The second-order valence-corrected chi connectivity index (χ2v) is 7.38. The number of amidine groups is 1. The molecule has 1 aromatic rings. The molecule has 1 amide bonds. The highest BCUT2D eigenvalue weighted by molar-refractivity contribution is 9.10. The summed E-state index contributed by atoms with van der Waals surface area (Å²) in [6.07, 6.45) is 1.90. The molecule has 2 aliphatic heterocycles. The fourth-order valence-electron chi connectivity index (χ4n) is 2.41. The van der Waals surface area contributed by atoms with Crippen LogP contribution in [0.25, 0.3) is 6.08 Å². The highest BCUT2D eigenvalue weighted by atomic mass is 79.9. The number of carbonyl (C=O) groups is 1. The van der Waals surface area contributed by atoms with Gasteiger partial charge in [0, 0.05) is 31.7 Å². The second kappa shape index (κ2) is 7.07. The van der Waals surface area contributed by atoms with Gasteiger partial charge >= 0.3 is 0 Å². The van der Waals surface area contributed by atoms with Gasteiger partial charge in [0.05, 0.1) is 23.8 Å². The van der Waals surface area contributed by atoms with E-state index in [1.165, 1.54) is 11.8 Å². The lowest BCUT2D eigenvalue weighted by molar-refractivity contribution is -0.113. The normalized spacial score (nSPS) is 20.1. The van der Waals surface area contributed by atoms with Crippen molar-refractivity contribution in [1.82, 2.24) is 4.90 Å². The number of morpholine rings is 1. The maximum Gasteiger partial charge on any atom is 0.286 e. The Kier molecular flexibility index (Phi) is 5.08. The summed E-state index contributed by atoms with van der Waals surface area (Å²) in [5, 5.41) is 0.786. The van der Waals surface area contributed by atoms with Crippen LogP contribution in [0.3, 0.4) is 0 Å². The minimum atomic E-state index is -0.163. The average Bonchev–Trinajstić information content (AvgIpc) is 2.89. The monoisotopic (exact) mass is 395 g/mol. The van der Waals surface area contributed by atoms with Crippen LogP contribution in [-0.4, -0.2) is 56.4 Å². The minimum absolute atomic E-state index is 0.163. The molecule has 122 valence electrons. The Balaban J connectivity index is 1.76. The van der Waals surface area contributed by atoms with Crippen molar-refractivity contribution in [1.29, 1.82) is 0 Å². The van der Waals surface area contributed by atoms with Gasteiger partial charge in [-0.3, -0.25) is 4.79 Å². The molecule has 0 spiro atoms. The summed E-state index contributed by atoms with van der Waals surface area (Å²) in [4.78, 5) is 21.1. The third-order valence-electron chi connectivity index (χ3n) is 3.64. The predicted octanol–water partition coefficient (Wildman–Crippen LogP) is 2.82. The van der Waals surface area contributed by atoms with E-state index in [9.17, 15) is 4.79 Å². The van der Waals surface area contributed by atoms with Crippen LogP contribution in [0.2, 0.25) is 0 Å². The standard InChI is InChI=1S/C16H18BrN3O2S/c1-19(2)13-4-3-11(9-12(13)17)10-14-15(21)18-16(23-14)20-5-7-22-8-6-20/h3-4,9-10H,5-8H2,1-2H3. The van der Waals surface area contributed by atoms with Crippen molar-refractivity contribution < 1.29 is 9.53 Å². The van der Waals surface area contributed by atoms with Gasteiger partial charge in [-0.25, -0.2) is 0 Å². The van der Waals surface area contributed by atoms with Gasteiger partial charge < -0.3 is 14.5 Å². The number of anilines is 1. The zero-order valence-electron chi connectivity index (χ0n) is 13.1. The summed E-state index contributed by atoms with van der Waals surface area (Å²) < 4.78 is 6.34. The van der Waals surface area contributed by atoms with E-state index < -0.39 is 0 Å². The summed E-state index contributed by atoms with van der Waals surface area (Å²) in [5.74, 6) is -0.163. The first kappa shape index (κ1) is 16.5. The van der Waals surface area contributed by atoms with Gasteiger partial charge in [-0.1, -0.05) is 6.07 Å². The first-order valence-electron chi connectivity index (χ1n) is 7.37. The molecule has 2 aliphatic rings. The lowest BCUT2D eigenvalue weighted by Gasteiger charge is -2.27. The number of halogens is 1. The van der Waals surface area contributed by atoms with Crippen LogP contribution in [0, 0.1) is 0 Å². The summed E-state index contributed by atoms with van der Waals surface area (Å²) in [6, 6.07) is 6.06. The van der Waals surface area contributed by atoms with Crippen LogP contribution < -0.4 is 4.90 Å². The fraction of sp³-hybridized carbons (Fsp3) is 0.375. The topological polar surface area (TPSA) is 45.1 Å². The largest absolute Gasteiger partial charge is 0.378 e. The Morgan fingerprint density at radius 1 is 1.35 bits per heavy atom. The molecule has 5 nitrogen and oxygen atoms in total. The van der Waals surface area contributed by atoms with Crippen LogP contribution in [0.4, 0.5) is 5.69 Å². The molecule has 1 aromatic carbocycles. The van der Waals surface area contributed by atoms with Crippen LogP contribution in [0.5, 0.6) is 0 Å². The van der Waals surface area contributed by atoms with Crippen molar-refractivity contribution in [3.05, 3.63) is 33.1 Å². The SMILES string of the molecule is CN(C)c1ccc(C=C2SC(N3CCOCC3)=NC2=O)cc1Br. The number of thioether (sulfide) groups is 1. The fourth-order valence-corrected chi connectivity index (χ4v) is 4.13. The van der Waals surface area contributed by atoms with Crippen LogP contribution in [-0.2, 0) is 9.53 Å². The first-order valence-corrected chi connectivity index (χ1v) is 8.97. The number of hydrogen-bond donors (Lipinski definition) is 0. The molecule has 7 heteroatoms. The number of carbonyl (C=O) groups excluding carboxylic acids is 1. The molecule has 0 aromatic heterocycles. The Hall–Kier alpha value is -1.31. The summed E-state index contributed by atoms with van der Waals surface area (Å²) >= 11 is 5.02. The molecule has 23 heavy (non-hydrogen) atoms. The maximum atomic E-state index is 12.1. The molecule has 1 saturated heterocycles. The number of aliphatic imine (C=N–C) groups is 1. The van der Waals surface area contributed by atoms with E-state index in [-0.39, 0.29) is 5.91 Å². The van der Waals surface area contributed by atoms with Crippen molar-refractivity contribution >= 4 is 50.5 Å².